The molecule has 2 N–H and O–H groups in total. The van der Waals surface area contributed by atoms with Gasteiger partial charge in [0.25, 0.3) is 11.8 Å². The minimum atomic E-state index is -0.338. The summed E-state index contributed by atoms with van der Waals surface area (Å²) in [7, 11) is 0. The van der Waals surface area contributed by atoms with Gasteiger partial charge in [-0.05, 0) is 41.5 Å². The van der Waals surface area contributed by atoms with E-state index >= 15 is 0 Å². The molecule has 1 aliphatic heterocycles. The van der Waals surface area contributed by atoms with Crippen molar-refractivity contribution < 1.29 is 19.1 Å². The molecule has 6 nitrogen and oxygen atoms in total. The van der Waals surface area contributed by atoms with Gasteiger partial charge in [-0.2, -0.15) is 0 Å². The van der Waals surface area contributed by atoms with Crippen LogP contribution >= 0.6 is 0 Å². The molecule has 0 spiro atoms. The van der Waals surface area contributed by atoms with Gasteiger partial charge in [0.1, 0.15) is 5.75 Å². The SMILES string of the molecule is O=C1COc2ccc(NC(=O)c3ccc4c(c3)C(=O)c3ccccc3-4)cc2N1. The lowest BCUT2D eigenvalue weighted by molar-refractivity contribution is -0.118. The number of nitrogens with one attached hydrogen (secondary N) is 2. The van der Waals surface area contributed by atoms with Crippen molar-refractivity contribution in [3.63, 3.8) is 0 Å². The van der Waals surface area contributed by atoms with Crippen molar-refractivity contribution in [2.75, 3.05) is 17.2 Å². The van der Waals surface area contributed by atoms with Gasteiger partial charge in [0, 0.05) is 22.4 Å². The molecule has 28 heavy (non-hydrogen) atoms. The van der Waals surface area contributed by atoms with E-state index in [0.29, 0.717) is 33.8 Å². The summed E-state index contributed by atoms with van der Waals surface area (Å²) in [5.41, 5.74) is 4.32. The second-order valence-corrected chi connectivity index (χ2v) is 6.64. The lowest BCUT2D eigenvalue weighted by atomic mass is 10.0. The molecule has 0 saturated heterocycles. The van der Waals surface area contributed by atoms with Crippen LogP contribution in [0.25, 0.3) is 11.1 Å². The molecule has 0 bridgehead atoms. The Kier molecular flexibility index (Phi) is 3.52. The fraction of sp³-hybridized carbons (Fsp3) is 0.0455. The Hall–Kier alpha value is -3.93. The molecule has 3 aromatic rings. The van der Waals surface area contributed by atoms with Crippen molar-refractivity contribution in [3.05, 3.63) is 77.4 Å². The number of anilines is 2. The highest BCUT2D eigenvalue weighted by Crippen LogP contribution is 2.37. The van der Waals surface area contributed by atoms with Gasteiger partial charge in [0.05, 0.1) is 5.69 Å². The first-order chi connectivity index (χ1) is 13.6. The van der Waals surface area contributed by atoms with E-state index in [-0.39, 0.29) is 24.2 Å². The van der Waals surface area contributed by atoms with E-state index in [0.717, 1.165) is 11.1 Å². The molecule has 1 heterocycles. The van der Waals surface area contributed by atoms with Crippen molar-refractivity contribution in [2.45, 2.75) is 0 Å². The maximum atomic E-state index is 12.7. The average Bonchev–Trinajstić information content (AvgIpc) is 3.00. The summed E-state index contributed by atoms with van der Waals surface area (Å²) in [5.74, 6) is -0.102. The zero-order valence-electron chi connectivity index (χ0n) is 14.6. The smallest absolute Gasteiger partial charge is 0.262 e. The van der Waals surface area contributed by atoms with Crippen molar-refractivity contribution in [3.8, 4) is 16.9 Å². The van der Waals surface area contributed by atoms with Crippen molar-refractivity contribution in [2.24, 2.45) is 0 Å². The fourth-order valence-corrected chi connectivity index (χ4v) is 3.53. The highest BCUT2D eigenvalue weighted by Gasteiger charge is 2.27. The number of amides is 2. The first-order valence-electron chi connectivity index (χ1n) is 8.76. The lowest BCUT2D eigenvalue weighted by Crippen LogP contribution is -2.25. The Morgan fingerprint density at radius 1 is 0.893 bits per heavy atom. The topological polar surface area (TPSA) is 84.5 Å². The van der Waals surface area contributed by atoms with Gasteiger partial charge in [-0.15, -0.1) is 0 Å². The van der Waals surface area contributed by atoms with Crippen LogP contribution < -0.4 is 15.4 Å². The van der Waals surface area contributed by atoms with Crippen molar-refractivity contribution in [1.82, 2.24) is 0 Å². The number of ether oxygens (including phenoxy) is 1. The quantitative estimate of drug-likeness (QED) is 0.566. The third kappa shape index (κ3) is 2.54. The van der Waals surface area contributed by atoms with Gasteiger partial charge < -0.3 is 15.4 Å². The first kappa shape index (κ1) is 16.3. The Labute approximate surface area is 160 Å². The van der Waals surface area contributed by atoms with E-state index in [9.17, 15) is 14.4 Å². The van der Waals surface area contributed by atoms with Crippen LogP contribution in [0, 0.1) is 0 Å². The molecule has 0 fully saturated rings. The summed E-state index contributed by atoms with van der Waals surface area (Å²) < 4.78 is 5.31. The molecule has 3 aromatic carbocycles. The van der Waals surface area contributed by atoms with Crippen LogP contribution in [0.15, 0.2) is 60.7 Å². The molecule has 1 aliphatic carbocycles. The monoisotopic (exact) mass is 370 g/mol. The summed E-state index contributed by atoms with van der Waals surface area (Å²) in [6.45, 7) is -0.0236. The van der Waals surface area contributed by atoms with Gasteiger partial charge >= 0.3 is 0 Å². The second-order valence-electron chi connectivity index (χ2n) is 6.64. The van der Waals surface area contributed by atoms with Crippen LogP contribution in [0.5, 0.6) is 5.75 Å². The van der Waals surface area contributed by atoms with Crippen LogP contribution in [-0.2, 0) is 4.79 Å². The van der Waals surface area contributed by atoms with Gasteiger partial charge in [-0.3, -0.25) is 14.4 Å². The minimum absolute atomic E-state index is 0.0236. The molecule has 0 unspecified atom stereocenters. The zero-order chi connectivity index (χ0) is 19.3. The van der Waals surface area contributed by atoms with Crippen LogP contribution in [0.2, 0.25) is 0 Å². The van der Waals surface area contributed by atoms with Crippen molar-refractivity contribution >= 4 is 29.0 Å². The number of ketones is 1. The van der Waals surface area contributed by atoms with Gasteiger partial charge in [-0.25, -0.2) is 0 Å². The maximum Gasteiger partial charge on any atom is 0.262 e. The Balaban J connectivity index is 1.42. The standard InChI is InChI=1S/C22H14N2O4/c25-20-11-28-19-8-6-13(10-18(19)24-20)23-22(27)12-5-7-15-14-3-1-2-4-16(14)21(26)17(15)9-12/h1-10H,11H2,(H,23,27)(H,24,25). The normalized spacial score (nSPS) is 13.7. The van der Waals surface area contributed by atoms with Gasteiger partial charge in [0.15, 0.2) is 12.4 Å². The molecule has 0 atom stereocenters. The molecular weight excluding hydrogens is 356 g/mol. The number of carbonyl (C=O) groups excluding carboxylic acids is 3. The molecule has 136 valence electrons. The number of fused-ring (bicyclic) bond motifs is 4. The second kappa shape index (κ2) is 6.06. The fourth-order valence-electron chi connectivity index (χ4n) is 3.53. The molecule has 0 saturated carbocycles. The molecule has 0 aromatic heterocycles. The van der Waals surface area contributed by atoms with E-state index in [1.165, 1.54) is 0 Å². The van der Waals surface area contributed by atoms with E-state index < -0.39 is 0 Å². The van der Waals surface area contributed by atoms with E-state index in [1.54, 1.807) is 42.5 Å². The summed E-state index contributed by atoms with van der Waals surface area (Å²) in [4.78, 5) is 36.8. The Morgan fingerprint density at radius 2 is 1.68 bits per heavy atom. The minimum Gasteiger partial charge on any atom is -0.482 e. The van der Waals surface area contributed by atoms with Crippen LogP contribution in [0.1, 0.15) is 26.3 Å². The van der Waals surface area contributed by atoms with Crippen LogP contribution in [0.4, 0.5) is 11.4 Å². The lowest BCUT2D eigenvalue weighted by Gasteiger charge is -2.18. The average molecular weight is 370 g/mol. The molecular formula is C22H14N2O4. The van der Waals surface area contributed by atoms with Gasteiger partial charge in [-0.1, -0.05) is 30.3 Å². The Bertz CT molecular complexity index is 1180. The number of hydrogen-bond acceptors (Lipinski definition) is 4. The summed E-state index contributed by atoms with van der Waals surface area (Å²) in [5, 5.41) is 5.50. The van der Waals surface area contributed by atoms with Crippen molar-refractivity contribution in [1.29, 1.82) is 0 Å². The number of hydrogen-bond donors (Lipinski definition) is 2. The zero-order valence-corrected chi connectivity index (χ0v) is 14.6. The molecule has 2 amide bonds. The summed E-state index contributed by atoms with van der Waals surface area (Å²) >= 11 is 0. The predicted octanol–water partition coefficient (Wildman–Crippen LogP) is 3.48. The number of rotatable bonds is 2. The maximum absolute atomic E-state index is 12.7. The molecule has 0 radical (unpaired) electrons. The molecule has 6 heteroatoms. The molecule has 5 rings (SSSR count). The first-order valence-corrected chi connectivity index (χ1v) is 8.76. The number of carbonyl (C=O) groups is 3. The number of benzene rings is 3. The van der Waals surface area contributed by atoms with E-state index in [2.05, 4.69) is 10.6 Å². The predicted molar refractivity (Wildman–Crippen MR) is 104 cm³/mol. The largest absolute Gasteiger partial charge is 0.482 e. The van der Waals surface area contributed by atoms with E-state index in [4.69, 9.17) is 4.74 Å². The van der Waals surface area contributed by atoms with Crippen LogP contribution in [0.3, 0.4) is 0 Å². The summed E-state index contributed by atoms with van der Waals surface area (Å²) in [6, 6.07) is 17.6. The summed E-state index contributed by atoms with van der Waals surface area (Å²) in [6.07, 6.45) is 0. The highest BCUT2D eigenvalue weighted by atomic mass is 16.5. The highest BCUT2D eigenvalue weighted by molar-refractivity contribution is 6.22. The molecule has 2 aliphatic rings. The van der Waals surface area contributed by atoms with Crippen LogP contribution in [-0.4, -0.2) is 24.2 Å². The van der Waals surface area contributed by atoms with Gasteiger partial charge in [0.2, 0.25) is 0 Å². The third-order valence-corrected chi connectivity index (χ3v) is 4.86. The van der Waals surface area contributed by atoms with E-state index in [1.807, 2.05) is 18.2 Å². The third-order valence-electron chi connectivity index (χ3n) is 4.86. The Morgan fingerprint density at radius 3 is 2.54 bits per heavy atom.